The minimum Gasteiger partial charge on any atom is -0.317 e. The largest absolute Gasteiger partial charge is 1.00 e. The first kappa shape index (κ1) is 79.2. The zero-order valence-corrected chi connectivity index (χ0v) is 54.9. The summed E-state index contributed by atoms with van der Waals surface area (Å²) in [6.45, 7) is 41.1. The molecule has 0 aromatic rings. The first-order valence-corrected chi connectivity index (χ1v) is 30.1. The van der Waals surface area contributed by atoms with Gasteiger partial charge in [-0.05, 0) is 85.2 Å². The number of thiol groups is 1. The predicted molar refractivity (Wildman–Crippen MR) is 316 cm³/mol. The molecule has 0 aliphatic heterocycles. The third-order valence-electron chi connectivity index (χ3n) is 13.0. The molecule has 0 aromatic carbocycles. The Morgan fingerprint density at radius 1 is 0.478 bits per heavy atom. The predicted octanol–water partition coefficient (Wildman–Crippen LogP) is 20.5. The van der Waals surface area contributed by atoms with Crippen molar-refractivity contribution in [2.45, 2.75) is 332 Å². The van der Waals surface area contributed by atoms with E-state index in [-0.39, 0.29) is 62.9 Å². The molecule has 1 N–H and O–H groups in total. The second-order valence-electron chi connectivity index (χ2n) is 19.3. The fraction of sp³-hybridized carbons (Fsp3) is 0.844. The van der Waals surface area contributed by atoms with Crippen LogP contribution < -0.4 is 63.5 Å². The standard InChI is InChI=1S/C46H93N.C10H15S.C4H8.2C2H6.Rb/c1-5-8-11-14-17-20-24-31-38-45(4)39-32-25-23-30-37-44-47-43-36-29-22-19-18-21-28-35-42-46(40-33-26-15-12-9-6-2)41-34-27-16-13-10-7-3;1-6-7-9(4)10(5,11)8(2)3;1-3-4-2;2*1-2;/h46-47H,4-44H2,1-3H3;4,6-7,11H,2H2,1,3,5H3;3-4H,1-2H3;2*1-2H3;/q;-1;;;;+1. The van der Waals surface area contributed by atoms with E-state index in [0.717, 1.165) is 17.1 Å². The van der Waals surface area contributed by atoms with Gasteiger partial charge in [-0.2, -0.15) is 18.7 Å². The van der Waals surface area contributed by atoms with Gasteiger partial charge in [0.05, 0.1) is 0 Å². The quantitative estimate of drug-likeness (QED) is 0.0204. The van der Waals surface area contributed by atoms with Gasteiger partial charge in [-0.3, -0.25) is 6.58 Å². The topological polar surface area (TPSA) is 12.0 Å². The summed E-state index contributed by atoms with van der Waals surface area (Å²) in [6, 6.07) is 0. The van der Waals surface area contributed by atoms with Gasteiger partial charge in [-0.25, -0.2) is 11.6 Å². The molecule has 3 heteroatoms. The molecule has 0 aromatic heterocycles. The van der Waals surface area contributed by atoms with Crippen LogP contribution in [-0.4, -0.2) is 17.8 Å². The Hall–Kier alpha value is 0.815. The molecule has 67 heavy (non-hydrogen) atoms. The SMILES string of the molecule is C=C(CCCCCCCCCC)CCCCCCCNCCCCCCCCCCC(CCCCCCCC)CCCCCCCC.CC.CC.CC=CC.[CH-]=C(C=CC)C(C)(S)C(=C)C.[Rb+]. The maximum absolute atomic E-state index is 5.76. The molecule has 0 aliphatic carbocycles. The molecule has 0 amide bonds. The fourth-order valence-electron chi connectivity index (χ4n) is 8.11. The summed E-state index contributed by atoms with van der Waals surface area (Å²) in [4.78, 5) is 0. The molecule has 1 nitrogen and oxygen atoms in total. The van der Waals surface area contributed by atoms with Crippen LogP contribution in [0.1, 0.15) is 327 Å². The van der Waals surface area contributed by atoms with Crippen LogP contribution >= 0.6 is 12.6 Å². The zero-order chi connectivity index (χ0) is 50.6. The Bertz CT molecular complexity index is 959. The van der Waals surface area contributed by atoms with E-state index in [4.69, 9.17) is 6.58 Å². The Morgan fingerprint density at radius 2 is 0.746 bits per heavy atom. The molecule has 1 unspecified atom stereocenters. The minimum absolute atomic E-state index is 0. The number of unbranched alkanes of at least 4 members (excludes halogenated alkanes) is 28. The van der Waals surface area contributed by atoms with E-state index in [0.29, 0.717) is 0 Å². The van der Waals surface area contributed by atoms with Crippen LogP contribution in [0.4, 0.5) is 0 Å². The van der Waals surface area contributed by atoms with E-state index in [1.807, 2.05) is 86.6 Å². The van der Waals surface area contributed by atoms with Crippen LogP contribution in [0.2, 0.25) is 0 Å². The summed E-state index contributed by atoms with van der Waals surface area (Å²) >= 11 is 4.40. The summed E-state index contributed by atoms with van der Waals surface area (Å²) in [5.74, 6) is 1.03. The molecule has 0 fully saturated rings. The maximum Gasteiger partial charge on any atom is 1.00 e. The normalized spacial score (nSPS) is 11.6. The van der Waals surface area contributed by atoms with Gasteiger partial charge in [0, 0.05) is 4.75 Å². The molecule has 0 heterocycles. The van der Waals surface area contributed by atoms with E-state index in [1.54, 1.807) is 0 Å². The zero-order valence-electron chi connectivity index (χ0n) is 49.1. The van der Waals surface area contributed by atoms with Crippen molar-refractivity contribution in [1.82, 2.24) is 5.32 Å². The number of nitrogens with one attached hydrogen (secondary N) is 1. The number of hydrogen-bond acceptors (Lipinski definition) is 2. The van der Waals surface area contributed by atoms with E-state index >= 15 is 0 Å². The first-order valence-electron chi connectivity index (χ1n) is 29.7. The molecule has 0 rings (SSSR count). The van der Waals surface area contributed by atoms with E-state index in [1.165, 1.54) is 263 Å². The van der Waals surface area contributed by atoms with Crippen molar-refractivity contribution in [3.8, 4) is 0 Å². The van der Waals surface area contributed by atoms with Crippen molar-refractivity contribution < 1.29 is 58.2 Å². The number of allylic oxidation sites excluding steroid dienone is 5. The summed E-state index contributed by atoms with van der Waals surface area (Å²) in [5, 5.41) is 3.71. The van der Waals surface area contributed by atoms with Gasteiger partial charge in [0.2, 0.25) is 0 Å². The Labute approximate surface area is 482 Å². The van der Waals surface area contributed by atoms with Crippen LogP contribution in [0.25, 0.3) is 0 Å². The van der Waals surface area contributed by atoms with Crippen LogP contribution in [0.5, 0.6) is 0 Å². The molecule has 396 valence electrons. The fourth-order valence-corrected chi connectivity index (χ4v) is 8.18. The smallest absolute Gasteiger partial charge is 0.317 e. The van der Waals surface area contributed by atoms with Gasteiger partial charge in [0.25, 0.3) is 0 Å². The van der Waals surface area contributed by atoms with Crippen molar-refractivity contribution in [1.29, 1.82) is 0 Å². The van der Waals surface area contributed by atoms with Crippen LogP contribution in [0, 0.1) is 12.5 Å². The maximum atomic E-state index is 5.76. The summed E-state index contributed by atoms with van der Waals surface area (Å²) in [5.41, 5.74) is 3.20. The second kappa shape index (κ2) is 71.1. The van der Waals surface area contributed by atoms with Crippen LogP contribution in [0.3, 0.4) is 0 Å². The molecule has 0 saturated carbocycles. The average molecular weight is 1030 g/mol. The Morgan fingerprint density at radius 3 is 1.01 bits per heavy atom. The van der Waals surface area contributed by atoms with E-state index in [9.17, 15) is 0 Å². The average Bonchev–Trinajstić information content (AvgIpc) is 3.32. The second-order valence-corrected chi connectivity index (χ2v) is 20.2. The summed E-state index contributed by atoms with van der Waals surface area (Å²) in [7, 11) is 0. The molecule has 0 bridgehead atoms. The van der Waals surface area contributed by atoms with Gasteiger partial charge in [-0.1, -0.05) is 297 Å². The number of hydrogen-bond donors (Lipinski definition) is 2. The van der Waals surface area contributed by atoms with Gasteiger partial charge < -0.3 is 5.32 Å². The van der Waals surface area contributed by atoms with Crippen LogP contribution in [-0.2, 0) is 0 Å². The van der Waals surface area contributed by atoms with Gasteiger partial charge in [0.15, 0.2) is 0 Å². The first-order chi connectivity index (χ1) is 32.1. The molecule has 0 saturated heterocycles. The van der Waals surface area contributed by atoms with Crippen LogP contribution in [0.15, 0.2) is 54.2 Å². The third-order valence-corrected chi connectivity index (χ3v) is 13.6. The Kier molecular flexibility index (Phi) is 84.0. The van der Waals surface area contributed by atoms with Gasteiger partial charge >= 0.3 is 58.2 Å². The van der Waals surface area contributed by atoms with Crippen molar-refractivity contribution in [3.05, 3.63) is 60.8 Å². The van der Waals surface area contributed by atoms with Crippen molar-refractivity contribution in [2.24, 2.45) is 5.92 Å². The summed E-state index contributed by atoms with van der Waals surface area (Å²) in [6.07, 6.45) is 62.2. The molecule has 0 aliphatic rings. The molecular weight excluding hydrogens is 900 g/mol. The third kappa shape index (κ3) is 68.9. The molecule has 0 spiro atoms. The Balaban J connectivity index is -0.000000390. The van der Waals surface area contributed by atoms with Gasteiger partial charge in [0.1, 0.15) is 0 Å². The van der Waals surface area contributed by atoms with Crippen molar-refractivity contribution >= 4 is 12.6 Å². The van der Waals surface area contributed by atoms with E-state index < -0.39 is 0 Å². The summed E-state index contributed by atoms with van der Waals surface area (Å²) < 4.78 is -0.382. The molecule has 1 atom stereocenters. The monoisotopic (exact) mass is 1030 g/mol. The number of rotatable bonds is 45. The van der Waals surface area contributed by atoms with Crippen molar-refractivity contribution in [2.75, 3.05) is 13.1 Å². The van der Waals surface area contributed by atoms with E-state index in [2.05, 4.69) is 51.9 Å². The van der Waals surface area contributed by atoms with Crippen molar-refractivity contribution in [3.63, 3.8) is 0 Å². The molecular formula is C64H128NRbS. The molecule has 0 radical (unpaired) electrons. The van der Waals surface area contributed by atoms with Gasteiger partial charge in [-0.15, -0.1) is 0 Å². The minimum atomic E-state index is -0.382.